The van der Waals surface area contributed by atoms with Crippen LogP contribution in [0.3, 0.4) is 0 Å². The van der Waals surface area contributed by atoms with Crippen molar-refractivity contribution in [3.05, 3.63) is 41.5 Å². The predicted molar refractivity (Wildman–Crippen MR) is 57.3 cm³/mol. The molecule has 0 fully saturated rings. The topological polar surface area (TPSA) is 37.3 Å². The van der Waals surface area contributed by atoms with Crippen LogP contribution in [-0.4, -0.2) is 11.1 Å². The van der Waals surface area contributed by atoms with Crippen molar-refractivity contribution in [1.29, 1.82) is 0 Å². The van der Waals surface area contributed by atoms with Gasteiger partial charge in [-0.2, -0.15) is 0 Å². The molecule has 14 heavy (non-hydrogen) atoms. The first kappa shape index (κ1) is 10.5. The Labute approximate surface area is 83.9 Å². The van der Waals surface area contributed by atoms with Gasteiger partial charge in [0.25, 0.3) is 0 Å². The van der Waals surface area contributed by atoms with Crippen LogP contribution >= 0.6 is 0 Å². The first-order valence-corrected chi connectivity index (χ1v) is 4.63. The summed E-state index contributed by atoms with van der Waals surface area (Å²) in [6.07, 6.45) is 2.78. The Morgan fingerprint density at radius 2 is 2.29 bits per heavy atom. The molecule has 0 aliphatic rings. The number of hydrogen-bond donors (Lipinski definition) is 1. The molecule has 2 heteroatoms. The van der Waals surface area contributed by atoms with Crippen LogP contribution in [0, 0.1) is 0 Å². The van der Waals surface area contributed by atoms with Crippen molar-refractivity contribution < 1.29 is 9.90 Å². The fourth-order valence-corrected chi connectivity index (χ4v) is 1.45. The second kappa shape index (κ2) is 4.61. The first-order chi connectivity index (χ1) is 6.67. The number of aryl methyl sites for hydroxylation is 1. The van der Waals surface area contributed by atoms with Gasteiger partial charge in [-0.25, -0.2) is 0 Å². The summed E-state index contributed by atoms with van der Waals surface area (Å²) in [5.41, 5.74) is 3.08. The summed E-state index contributed by atoms with van der Waals surface area (Å²) in [5.74, 6) is -0.793. The first-order valence-electron chi connectivity index (χ1n) is 4.63. The normalized spacial score (nSPS) is 9.79. The van der Waals surface area contributed by atoms with Crippen LogP contribution in [0.4, 0.5) is 0 Å². The lowest BCUT2D eigenvalue weighted by atomic mass is 10.0. The van der Waals surface area contributed by atoms with E-state index in [1.54, 1.807) is 6.08 Å². The number of carbonyl (C=O) groups is 1. The minimum absolute atomic E-state index is 0.0877. The van der Waals surface area contributed by atoms with E-state index < -0.39 is 5.97 Å². The molecule has 0 aliphatic heterocycles. The summed E-state index contributed by atoms with van der Waals surface area (Å²) in [6.45, 7) is 5.76. The molecular formula is C12H14O2. The number of hydrogen-bond acceptors (Lipinski definition) is 1. The Hall–Kier alpha value is -1.57. The van der Waals surface area contributed by atoms with Gasteiger partial charge in [0.1, 0.15) is 0 Å². The van der Waals surface area contributed by atoms with Crippen molar-refractivity contribution in [2.75, 3.05) is 0 Å². The molecule has 1 rings (SSSR count). The van der Waals surface area contributed by atoms with E-state index in [1.165, 1.54) is 0 Å². The number of rotatable bonds is 4. The van der Waals surface area contributed by atoms with Gasteiger partial charge in [-0.1, -0.05) is 37.8 Å². The molecule has 0 heterocycles. The Morgan fingerprint density at radius 3 is 2.79 bits per heavy atom. The quantitative estimate of drug-likeness (QED) is 0.792. The van der Waals surface area contributed by atoms with Crippen molar-refractivity contribution in [3.63, 3.8) is 0 Å². The summed E-state index contributed by atoms with van der Waals surface area (Å²) >= 11 is 0. The highest BCUT2D eigenvalue weighted by molar-refractivity contribution is 5.70. The fraction of sp³-hybridized carbons (Fsp3) is 0.250. The van der Waals surface area contributed by atoms with Crippen molar-refractivity contribution in [2.24, 2.45) is 0 Å². The van der Waals surface area contributed by atoms with Crippen LogP contribution in [0.2, 0.25) is 0 Å². The lowest BCUT2D eigenvalue weighted by molar-refractivity contribution is -0.136. The molecular weight excluding hydrogens is 176 g/mol. The molecule has 0 radical (unpaired) electrons. The Kier molecular flexibility index (Phi) is 3.46. The summed E-state index contributed by atoms with van der Waals surface area (Å²) in [7, 11) is 0. The Morgan fingerprint density at radius 1 is 1.57 bits per heavy atom. The van der Waals surface area contributed by atoms with Crippen LogP contribution < -0.4 is 0 Å². The molecule has 2 nitrogen and oxygen atoms in total. The van der Waals surface area contributed by atoms with Gasteiger partial charge < -0.3 is 5.11 Å². The average Bonchev–Trinajstić information content (AvgIpc) is 2.16. The summed E-state index contributed by atoms with van der Waals surface area (Å²) < 4.78 is 0. The lowest BCUT2D eigenvalue weighted by Crippen LogP contribution is -2.01. The number of benzene rings is 1. The monoisotopic (exact) mass is 190 g/mol. The molecule has 0 unspecified atom stereocenters. The van der Waals surface area contributed by atoms with Crippen LogP contribution in [0.15, 0.2) is 24.8 Å². The molecule has 0 spiro atoms. The molecule has 0 amide bonds. The minimum Gasteiger partial charge on any atom is -0.481 e. The second-order valence-corrected chi connectivity index (χ2v) is 3.16. The summed E-state index contributed by atoms with van der Waals surface area (Å²) in [5, 5.41) is 8.64. The van der Waals surface area contributed by atoms with Gasteiger partial charge in [-0.15, -0.1) is 0 Å². The smallest absolute Gasteiger partial charge is 0.307 e. The van der Waals surface area contributed by atoms with E-state index in [1.807, 2.05) is 25.1 Å². The minimum atomic E-state index is -0.793. The largest absolute Gasteiger partial charge is 0.481 e. The molecule has 1 aromatic rings. The maximum atomic E-state index is 10.5. The van der Waals surface area contributed by atoms with Crippen LogP contribution in [0.25, 0.3) is 6.08 Å². The van der Waals surface area contributed by atoms with Crippen molar-refractivity contribution in [1.82, 2.24) is 0 Å². The third kappa shape index (κ3) is 2.46. The molecule has 0 saturated heterocycles. The Bertz CT molecular complexity index is 353. The molecule has 1 N–H and O–H groups in total. The zero-order chi connectivity index (χ0) is 10.6. The number of carboxylic acids is 1. The number of aliphatic carboxylic acids is 1. The zero-order valence-electron chi connectivity index (χ0n) is 8.29. The van der Waals surface area contributed by atoms with E-state index in [2.05, 4.69) is 6.58 Å². The molecule has 1 aromatic carbocycles. The molecule has 0 atom stereocenters. The zero-order valence-corrected chi connectivity index (χ0v) is 8.29. The highest BCUT2D eigenvalue weighted by Crippen LogP contribution is 2.14. The van der Waals surface area contributed by atoms with E-state index in [0.717, 1.165) is 23.1 Å². The van der Waals surface area contributed by atoms with E-state index in [9.17, 15) is 4.79 Å². The van der Waals surface area contributed by atoms with Gasteiger partial charge >= 0.3 is 5.97 Å². The van der Waals surface area contributed by atoms with Gasteiger partial charge in [0.05, 0.1) is 6.42 Å². The SMILES string of the molecule is C=Cc1ccc(CC(=O)O)cc1CC. The van der Waals surface area contributed by atoms with Crippen LogP contribution in [-0.2, 0) is 17.6 Å². The molecule has 0 aromatic heterocycles. The van der Waals surface area contributed by atoms with E-state index in [4.69, 9.17) is 5.11 Å². The Balaban J connectivity index is 3.01. The molecule has 74 valence electrons. The highest BCUT2D eigenvalue weighted by Gasteiger charge is 2.03. The third-order valence-corrected chi connectivity index (χ3v) is 2.16. The predicted octanol–water partition coefficient (Wildman–Crippen LogP) is 2.52. The summed E-state index contributed by atoms with van der Waals surface area (Å²) in [6, 6.07) is 5.69. The van der Waals surface area contributed by atoms with Crippen molar-refractivity contribution in [3.8, 4) is 0 Å². The third-order valence-electron chi connectivity index (χ3n) is 2.16. The van der Waals surface area contributed by atoms with Crippen molar-refractivity contribution >= 4 is 12.0 Å². The van der Waals surface area contributed by atoms with E-state index in [0.29, 0.717) is 0 Å². The van der Waals surface area contributed by atoms with Crippen LogP contribution in [0.5, 0.6) is 0 Å². The van der Waals surface area contributed by atoms with Crippen LogP contribution in [0.1, 0.15) is 23.6 Å². The van der Waals surface area contributed by atoms with Gasteiger partial charge in [0, 0.05) is 0 Å². The maximum Gasteiger partial charge on any atom is 0.307 e. The second-order valence-electron chi connectivity index (χ2n) is 3.16. The van der Waals surface area contributed by atoms with Gasteiger partial charge in [0.15, 0.2) is 0 Å². The van der Waals surface area contributed by atoms with Gasteiger partial charge in [-0.3, -0.25) is 4.79 Å². The maximum absolute atomic E-state index is 10.5. The van der Waals surface area contributed by atoms with Gasteiger partial charge in [-0.05, 0) is 23.1 Å². The highest BCUT2D eigenvalue weighted by atomic mass is 16.4. The lowest BCUT2D eigenvalue weighted by Gasteiger charge is -2.05. The van der Waals surface area contributed by atoms with E-state index >= 15 is 0 Å². The summed E-state index contributed by atoms with van der Waals surface area (Å²) in [4.78, 5) is 10.5. The number of carboxylic acid groups (broad SMARTS) is 1. The van der Waals surface area contributed by atoms with Gasteiger partial charge in [0.2, 0.25) is 0 Å². The fourth-order valence-electron chi connectivity index (χ4n) is 1.45. The standard InChI is InChI=1S/C12H14O2/c1-3-10-6-5-9(8-12(13)14)7-11(10)4-2/h3,5-7H,1,4,8H2,2H3,(H,13,14). The van der Waals surface area contributed by atoms with Crippen molar-refractivity contribution in [2.45, 2.75) is 19.8 Å². The molecule has 0 saturated carbocycles. The molecule has 0 bridgehead atoms. The average molecular weight is 190 g/mol. The molecule has 0 aliphatic carbocycles. The van der Waals surface area contributed by atoms with E-state index in [-0.39, 0.29) is 6.42 Å².